The van der Waals surface area contributed by atoms with Crippen molar-refractivity contribution in [2.75, 3.05) is 12.5 Å². The maximum absolute atomic E-state index is 9.08. The lowest BCUT2D eigenvalue weighted by molar-refractivity contribution is -0.697. The van der Waals surface area contributed by atoms with Gasteiger partial charge < -0.3 is 9.11 Å². The molecule has 0 unspecified atom stereocenters. The first-order valence-corrected chi connectivity index (χ1v) is 23.4. The first kappa shape index (κ1) is 48.2. The number of aromatic nitrogens is 4. The molecule has 2 aromatic rings. The Labute approximate surface area is 307 Å². The standard InChI is InChI=1S/C36H68N4.2CH4O3S/c1-3-5-7-9-11-15-19-23-27-37-31-33-39(35-37)29-25-21-17-13-14-18-22-26-30-40-34-32-38(36-40)28-24-20-16-12-10-8-6-4-2;2*1-5(2,3)4/h31-36H,3-30H2,1-2H3;2*1H3,(H,2,3,4)/q+2;;/p-2. The molecule has 2 heterocycles. The highest BCUT2D eigenvalue weighted by molar-refractivity contribution is 7.85. The maximum atomic E-state index is 9.08. The second-order valence-corrected chi connectivity index (χ2v) is 16.8. The molecule has 2 rings (SSSR count). The van der Waals surface area contributed by atoms with Gasteiger partial charge in [-0.05, 0) is 51.4 Å². The van der Waals surface area contributed by atoms with E-state index in [1.807, 2.05) is 0 Å². The summed E-state index contributed by atoms with van der Waals surface area (Å²) in [4.78, 5) is 0. The Morgan fingerprint density at radius 1 is 0.440 bits per heavy atom. The summed E-state index contributed by atoms with van der Waals surface area (Å²) in [5.41, 5.74) is 0. The molecule has 10 nitrogen and oxygen atoms in total. The molecule has 0 aliphatic rings. The highest BCUT2D eigenvalue weighted by atomic mass is 32.2. The highest BCUT2D eigenvalue weighted by Crippen LogP contribution is 2.11. The first-order valence-electron chi connectivity index (χ1n) is 19.7. The molecule has 50 heavy (non-hydrogen) atoms. The van der Waals surface area contributed by atoms with E-state index in [-0.39, 0.29) is 0 Å². The van der Waals surface area contributed by atoms with Gasteiger partial charge in [-0.25, -0.2) is 35.1 Å². The van der Waals surface area contributed by atoms with Crippen molar-refractivity contribution >= 4 is 20.2 Å². The fraction of sp³-hybridized carbons (Fsp3) is 0.842. The Morgan fingerprint density at radius 2 is 0.680 bits per heavy atom. The molecule has 0 aliphatic heterocycles. The van der Waals surface area contributed by atoms with Crippen molar-refractivity contribution < 1.29 is 35.1 Å². The number of unbranched alkanes of at least 4 members (excludes halogenated alkanes) is 21. The van der Waals surface area contributed by atoms with Gasteiger partial charge in [0.05, 0.1) is 46.4 Å². The van der Waals surface area contributed by atoms with Crippen LogP contribution in [0.4, 0.5) is 0 Å². The van der Waals surface area contributed by atoms with Crippen molar-refractivity contribution in [1.29, 1.82) is 0 Å². The van der Waals surface area contributed by atoms with Crippen molar-refractivity contribution in [2.45, 2.75) is 194 Å². The zero-order valence-electron chi connectivity index (χ0n) is 32.3. The molecule has 0 bridgehead atoms. The molecule has 0 N–H and O–H groups in total. The van der Waals surface area contributed by atoms with Crippen LogP contribution >= 0.6 is 0 Å². The van der Waals surface area contributed by atoms with E-state index in [0.717, 1.165) is 0 Å². The fourth-order valence-corrected chi connectivity index (χ4v) is 5.91. The lowest BCUT2D eigenvalue weighted by Gasteiger charge is -2.02. The summed E-state index contributed by atoms with van der Waals surface area (Å²) in [7, 11) is -7.83. The number of hydrogen-bond acceptors (Lipinski definition) is 6. The van der Waals surface area contributed by atoms with E-state index in [0.29, 0.717) is 12.5 Å². The summed E-state index contributed by atoms with van der Waals surface area (Å²) in [5, 5.41) is 0. The summed E-state index contributed by atoms with van der Waals surface area (Å²) in [6.07, 6.45) is 48.3. The van der Waals surface area contributed by atoms with Crippen molar-refractivity contribution in [3.8, 4) is 0 Å². The molecule has 0 aromatic carbocycles. The Kier molecular flexibility index (Phi) is 30.8. The SMILES string of the molecule is CCCCCCCCCCn1cc[n+](CCCCCCCCCC[n+]2ccn(CCCCCCCCCC)c2)c1.CS(=O)(=O)[O-].CS(=O)(=O)[O-]. The van der Waals surface area contributed by atoms with Crippen LogP contribution in [-0.2, 0) is 46.4 Å². The van der Waals surface area contributed by atoms with E-state index in [4.69, 9.17) is 25.9 Å². The average Bonchev–Trinajstić information content (AvgIpc) is 3.68. The number of hydrogen-bond donors (Lipinski definition) is 0. The molecule has 0 fully saturated rings. The van der Waals surface area contributed by atoms with Crippen LogP contribution in [0.3, 0.4) is 0 Å². The van der Waals surface area contributed by atoms with Gasteiger partial charge in [-0.2, -0.15) is 0 Å². The first-order chi connectivity index (χ1) is 23.8. The molecule has 0 saturated heterocycles. The minimum atomic E-state index is -3.92. The van der Waals surface area contributed by atoms with Crippen LogP contribution in [-0.4, -0.2) is 47.6 Å². The van der Waals surface area contributed by atoms with Gasteiger partial charge in [0.1, 0.15) is 24.8 Å². The van der Waals surface area contributed by atoms with Gasteiger partial charge in [0.25, 0.3) is 0 Å². The van der Waals surface area contributed by atoms with Crippen LogP contribution in [0.25, 0.3) is 0 Å². The lowest BCUT2D eigenvalue weighted by Crippen LogP contribution is -2.30. The summed E-state index contributed by atoms with van der Waals surface area (Å²) < 4.78 is 64.0. The van der Waals surface area contributed by atoms with Crippen LogP contribution in [0.15, 0.2) is 37.4 Å². The zero-order valence-corrected chi connectivity index (χ0v) is 34.0. The number of aryl methyl sites for hydroxylation is 4. The van der Waals surface area contributed by atoms with Gasteiger partial charge in [-0.15, -0.1) is 0 Å². The summed E-state index contributed by atoms with van der Waals surface area (Å²) in [6, 6.07) is 0. The third kappa shape index (κ3) is 39.0. The van der Waals surface area contributed by atoms with Gasteiger partial charge in [-0.3, -0.25) is 0 Å². The van der Waals surface area contributed by atoms with E-state index in [1.165, 1.54) is 180 Å². The van der Waals surface area contributed by atoms with E-state index in [1.54, 1.807) is 0 Å². The van der Waals surface area contributed by atoms with Crippen molar-refractivity contribution in [3.63, 3.8) is 0 Å². The van der Waals surface area contributed by atoms with E-state index >= 15 is 0 Å². The predicted octanol–water partition coefficient (Wildman–Crippen LogP) is 8.29. The summed E-state index contributed by atoms with van der Waals surface area (Å²) in [6.45, 7) is 9.32. The Hall–Kier alpha value is -1.76. The lowest BCUT2D eigenvalue weighted by atomic mass is 10.1. The molecule has 0 radical (unpaired) electrons. The predicted molar refractivity (Wildman–Crippen MR) is 203 cm³/mol. The van der Waals surface area contributed by atoms with Crippen molar-refractivity contribution in [3.05, 3.63) is 37.4 Å². The highest BCUT2D eigenvalue weighted by Gasteiger charge is 2.05. The molecular weight excluding hydrogens is 673 g/mol. The molecule has 0 atom stereocenters. The van der Waals surface area contributed by atoms with Gasteiger partial charge in [-0.1, -0.05) is 117 Å². The van der Waals surface area contributed by atoms with Crippen LogP contribution in [0.2, 0.25) is 0 Å². The quantitative estimate of drug-likeness (QED) is 0.0468. The summed E-state index contributed by atoms with van der Waals surface area (Å²) >= 11 is 0. The van der Waals surface area contributed by atoms with Crippen molar-refractivity contribution in [1.82, 2.24) is 9.13 Å². The van der Waals surface area contributed by atoms with E-state index in [9.17, 15) is 0 Å². The molecule has 0 saturated carbocycles. The summed E-state index contributed by atoms with van der Waals surface area (Å²) in [5.74, 6) is 0. The van der Waals surface area contributed by atoms with Gasteiger partial charge in [0.2, 0.25) is 12.7 Å². The minimum Gasteiger partial charge on any atom is -0.748 e. The van der Waals surface area contributed by atoms with E-state index in [2.05, 4.69) is 69.6 Å². The monoisotopic (exact) mass is 747 g/mol. The van der Waals surface area contributed by atoms with Gasteiger partial charge in [0.15, 0.2) is 0 Å². The Balaban J connectivity index is 0.00000210. The molecule has 12 heteroatoms. The van der Waals surface area contributed by atoms with Gasteiger partial charge >= 0.3 is 0 Å². The molecule has 0 spiro atoms. The molecule has 294 valence electrons. The number of rotatable bonds is 29. The largest absolute Gasteiger partial charge is 0.748 e. The molecule has 2 aromatic heterocycles. The second kappa shape index (κ2) is 31.9. The number of nitrogens with zero attached hydrogens (tertiary/aromatic N) is 4. The normalized spacial score (nSPS) is 11.6. The number of imidazole rings is 2. The second-order valence-electron chi connectivity index (χ2n) is 14.0. The van der Waals surface area contributed by atoms with Crippen LogP contribution in [0.5, 0.6) is 0 Å². The third-order valence-corrected chi connectivity index (χ3v) is 8.61. The smallest absolute Gasteiger partial charge is 0.243 e. The minimum absolute atomic E-state index is 0.604. The van der Waals surface area contributed by atoms with Crippen LogP contribution in [0, 0.1) is 0 Å². The molecule has 0 aliphatic carbocycles. The molecule has 0 amide bonds. The Bertz CT molecular complexity index is 1130. The molecular formula is C38H74N4O6S2. The zero-order chi connectivity index (χ0) is 37.4. The van der Waals surface area contributed by atoms with Gasteiger partial charge in [0, 0.05) is 12.5 Å². The average molecular weight is 747 g/mol. The maximum Gasteiger partial charge on any atom is 0.243 e. The van der Waals surface area contributed by atoms with Crippen LogP contribution in [0.1, 0.15) is 168 Å². The Morgan fingerprint density at radius 3 is 0.960 bits per heavy atom. The van der Waals surface area contributed by atoms with Crippen molar-refractivity contribution in [2.24, 2.45) is 0 Å². The topological polar surface area (TPSA) is 132 Å². The fourth-order valence-electron chi connectivity index (χ4n) is 5.91. The van der Waals surface area contributed by atoms with E-state index < -0.39 is 20.2 Å². The third-order valence-electron chi connectivity index (χ3n) is 8.61. The van der Waals surface area contributed by atoms with Crippen LogP contribution < -0.4 is 9.13 Å².